The summed E-state index contributed by atoms with van der Waals surface area (Å²) in [4.78, 5) is 29.8. The zero-order valence-corrected chi connectivity index (χ0v) is 12.8. The van der Waals surface area contributed by atoms with E-state index in [2.05, 4.69) is 10.3 Å². The summed E-state index contributed by atoms with van der Waals surface area (Å²) in [6, 6.07) is 7.49. The van der Waals surface area contributed by atoms with E-state index in [0.717, 1.165) is 0 Å². The number of benzene rings is 1. The highest BCUT2D eigenvalue weighted by Crippen LogP contribution is 2.29. The summed E-state index contributed by atoms with van der Waals surface area (Å²) in [5.41, 5.74) is 1.06. The molecule has 0 bridgehead atoms. The molecule has 1 fully saturated rings. The molecule has 1 aliphatic rings. The molecule has 1 aromatic heterocycles. The lowest BCUT2D eigenvalue weighted by Crippen LogP contribution is -2.28. The van der Waals surface area contributed by atoms with Crippen LogP contribution in [0.4, 0.5) is 15.8 Å². The second-order valence-electron chi connectivity index (χ2n) is 5.23. The maximum Gasteiger partial charge on any atom is 0.229 e. The fourth-order valence-corrected chi connectivity index (χ4v) is 2.64. The Morgan fingerprint density at radius 1 is 1.39 bits per heavy atom. The number of nitrogens with one attached hydrogen (secondary N) is 1. The molecule has 1 N–H and O–H groups in total. The van der Waals surface area contributed by atoms with Crippen molar-refractivity contribution in [1.82, 2.24) is 4.98 Å². The average Bonchev–Trinajstić information content (AvgIpc) is 2.93. The lowest BCUT2D eigenvalue weighted by molar-refractivity contribution is -0.122. The van der Waals surface area contributed by atoms with Gasteiger partial charge in [-0.05, 0) is 30.3 Å². The summed E-state index contributed by atoms with van der Waals surface area (Å²) in [5, 5.41) is 2.67. The Bertz CT molecular complexity index is 754. The molecule has 0 radical (unpaired) electrons. The summed E-state index contributed by atoms with van der Waals surface area (Å²) in [6.45, 7) is 0.229. The molecule has 1 saturated heterocycles. The highest BCUT2D eigenvalue weighted by molar-refractivity contribution is 6.31. The number of anilines is 2. The molecule has 118 valence electrons. The summed E-state index contributed by atoms with van der Waals surface area (Å²) in [7, 11) is 0. The van der Waals surface area contributed by atoms with E-state index in [9.17, 15) is 14.0 Å². The number of halogens is 2. The van der Waals surface area contributed by atoms with Crippen LogP contribution in [0.15, 0.2) is 42.7 Å². The van der Waals surface area contributed by atoms with Crippen molar-refractivity contribution in [3.8, 4) is 0 Å². The standard InChI is InChI=1S/C16H13ClFN3O2/c17-13-7-12(3-4-14(13)18)21-9-10(6-15(21)22)16(23)20-11-2-1-5-19-8-11/h1-5,7-8,10H,6,9H2,(H,20,23)/t10-/m1/s1. The number of nitrogens with zero attached hydrogens (tertiary/aromatic N) is 2. The minimum absolute atomic E-state index is 0.0569. The van der Waals surface area contributed by atoms with Gasteiger partial charge in [0.15, 0.2) is 0 Å². The number of amides is 2. The summed E-state index contributed by atoms with van der Waals surface area (Å²) < 4.78 is 13.2. The zero-order valence-electron chi connectivity index (χ0n) is 12.0. The van der Waals surface area contributed by atoms with Crippen LogP contribution in [0.1, 0.15) is 6.42 Å². The topological polar surface area (TPSA) is 62.3 Å². The van der Waals surface area contributed by atoms with Gasteiger partial charge in [0.05, 0.1) is 22.8 Å². The van der Waals surface area contributed by atoms with Crippen LogP contribution < -0.4 is 10.2 Å². The van der Waals surface area contributed by atoms with Crippen LogP contribution >= 0.6 is 11.6 Å². The Morgan fingerprint density at radius 2 is 2.22 bits per heavy atom. The first-order chi connectivity index (χ1) is 11.0. The number of rotatable bonds is 3. The molecule has 2 amide bonds. The Balaban J connectivity index is 1.71. The summed E-state index contributed by atoms with van der Waals surface area (Å²) in [5.74, 6) is -1.47. The summed E-state index contributed by atoms with van der Waals surface area (Å²) >= 11 is 5.75. The van der Waals surface area contributed by atoms with Crippen LogP contribution in [0.3, 0.4) is 0 Å². The molecule has 1 atom stereocenters. The van der Waals surface area contributed by atoms with Gasteiger partial charge in [-0.2, -0.15) is 0 Å². The molecule has 0 unspecified atom stereocenters. The largest absolute Gasteiger partial charge is 0.324 e. The quantitative estimate of drug-likeness (QED) is 0.939. The van der Waals surface area contributed by atoms with E-state index < -0.39 is 11.7 Å². The molecule has 0 aliphatic carbocycles. The smallest absolute Gasteiger partial charge is 0.229 e. The number of pyridine rings is 1. The van der Waals surface area contributed by atoms with Crippen LogP contribution in [0.2, 0.25) is 5.02 Å². The molecule has 23 heavy (non-hydrogen) atoms. The van der Waals surface area contributed by atoms with E-state index in [0.29, 0.717) is 11.4 Å². The van der Waals surface area contributed by atoms with Gasteiger partial charge in [0.1, 0.15) is 5.82 Å². The Labute approximate surface area is 137 Å². The van der Waals surface area contributed by atoms with Crippen LogP contribution in [-0.4, -0.2) is 23.3 Å². The van der Waals surface area contributed by atoms with Crippen molar-refractivity contribution in [2.45, 2.75) is 6.42 Å². The molecule has 1 aliphatic heterocycles. The van der Waals surface area contributed by atoms with Gasteiger partial charge in [0, 0.05) is 24.8 Å². The van der Waals surface area contributed by atoms with Crippen LogP contribution in [0, 0.1) is 11.7 Å². The summed E-state index contributed by atoms with van der Waals surface area (Å²) in [6.07, 6.45) is 3.24. The third kappa shape index (κ3) is 3.32. The lowest BCUT2D eigenvalue weighted by Gasteiger charge is -2.17. The minimum Gasteiger partial charge on any atom is -0.324 e. The molecule has 5 nitrogen and oxygen atoms in total. The molecule has 0 spiro atoms. The Kier molecular flexibility index (Phi) is 4.25. The Hall–Kier alpha value is -2.47. The predicted octanol–water partition coefficient (Wildman–Crippen LogP) is 2.87. The van der Waals surface area contributed by atoms with Crippen molar-refractivity contribution >= 4 is 34.8 Å². The predicted molar refractivity (Wildman–Crippen MR) is 84.7 cm³/mol. The molecule has 0 saturated carbocycles. The maximum atomic E-state index is 13.2. The normalized spacial score (nSPS) is 17.4. The van der Waals surface area contributed by atoms with E-state index in [1.54, 1.807) is 18.3 Å². The first kappa shape index (κ1) is 15.4. The van der Waals surface area contributed by atoms with Crippen molar-refractivity contribution in [3.05, 3.63) is 53.6 Å². The van der Waals surface area contributed by atoms with Crippen LogP contribution in [-0.2, 0) is 9.59 Å². The highest BCUT2D eigenvalue weighted by Gasteiger charge is 2.35. The van der Waals surface area contributed by atoms with Gasteiger partial charge in [-0.25, -0.2) is 4.39 Å². The molecule has 7 heteroatoms. The fraction of sp³-hybridized carbons (Fsp3) is 0.188. The molecular formula is C16H13ClFN3O2. The first-order valence-electron chi connectivity index (χ1n) is 7.01. The monoisotopic (exact) mass is 333 g/mol. The first-order valence-corrected chi connectivity index (χ1v) is 7.38. The maximum absolute atomic E-state index is 13.2. The number of carbonyl (C=O) groups excluding carboxylic acids is 2. The average molecular weight is 334 g/mol. The van der Waals surface area contributed by atoms with Crippen LogP contribution in [0.25, 0.3) is 0 Å². The second-order valence-corrected chi connectivity index (χ2v) is 5.64. The van der Waals surface area contributed by atoms with E-state index in [-0.39, 0.29) is 29.8 Å². The van der Waals surface area contributed by atoms with Crippen LogP contribution in [0.5, 0.6) is 0 Å². The van der Waals surface area contributed by atoms with Crippen molar-refractivity contribution < 1.29 is 14.0 Å². The number of carbonyl (C=O) groups is 2. The number of aromatic nitrogens is 1. The van der Waals surface area contributed by atoms with Gasteiger partial charge in [0.25, 0.3) is 0 Å². The van der Waals surface area contributed by atoms with E-state index in [1.165, 1.54) is 29.3 Å². The molecular weight excluding hydrogens is 321 g/mol. The molecule has 2 heterocycles. The van der Waals surface area contributed by atoms with Gasteiger partial charge in [0.2, 0.25) is 11.8 Å². The Morgan fingerprint density at radius 3 is 2.91 bits per heavy atom. The second kappa shape index (κ2) is 6.34. The van der Waals surface area contributed by atoms with Crippen molar-refractivity contribution in [1.29, 1.82) is 0 Å². The fourth-order valence-electron chi connectivity index (χ4n) is 2.47. The van der Waals surface area contributed by atoms with Crippen molar-refractivity contribution in [2.24, 2.45) is 5.92 Å². The third-order valence-corrected chi connectivity index (χ3v) is 3.93. The molecule has 3 rings (SSSR count). The van der Waals surface area contributed by atoms with Gasteiger partial charge in [-0.15, -0.1) is 0 Å². The molecule has 2 aromatic rings. The number of hydrogen-bond donors (Lipinski definition) is 1. The lowest BCUT2D eigenvalue weighted by atomic mass is 10.1. The van der Waals surface area contributed by atoms with Gasteiger partial charge >= 0.3 is 0 Å². The zero-order chi connectivity index (χ0) is 16.4. The molecule has 1 aromatic carbocycles. The highest BCUT2D eigenvalue weighted by atomic mass is 35.5. The van der Waals surface area contributed by atoms with Crippen molar-refractivity contribution in [2.75, 3.05) is 16.8 Å². The van der Waals surface area contributed by atoms with Gasteiger partial charge in [-0.3, -0.25) is 14.6 Å². The van der Waals surface area contributed by atoms with Crippen molar-refractivity contribution in [3.63, 3.8) is 0 Å². The third-order valence-electron chi connectivity index (χ3n) is 3.64. The van der Waals surface area contributed by atoms with Gasteiger partial charge < -0.3 is 10.2 Å². The number of hydrogen-bond acceptors (Lipinski definition) is 3. The SMILES string of the molecule is O=C(Nc1cccnc1)[C@@H]1CC(=O)N(c2ccc(F)c(Cl)c2)C1. The van der Waals surface area contributed by atoms with Gasteiger partial charge in [-0.1, -0.05) is 11.6 Å². The van der Waals surface area contributed by atoms with E-state index >= 15 is 0 Å². The van der Waals surface area contributed by atoms with E-state index in [1.807, 2.05) is 0 Å². The van der Waals surface area contributed by atoms with E-state index in [4.69, 9.17) is 11.6 Å². The minimum atomic E-state index is -0.548.